The topological polar surface area (TPSA) is 0 Å². The quantitative estimate of drug-likeness (QED) is 0.669. The number of hydrogen-bond donors (Lipinski definition) is 0. The molecule has 0 aliphatic carbocycles. The van der Waals surface area contributed by atoms with Crippen LogP contribution in [0.4, 0.5) is 0 Å². The maximum absolute atomic E-state index is 2.44. The SMILES string of the molecule is CCCC[Si]1(CCCC)c2ccccc2-c2ccccc21. The Labute approximate surface area is 130 Å². The van der Waals surface area contributed by atoms with Crippen molar-refractivity contribution in [2.24, 2.45) is 0 Å². The molecule has 0 unspecified atom stereocenters. The van der Waals surface area contributed by atoms with E-state index < -0.39 is 8.07 Å². The van der Waals surface area contributed by atoms with E-state index in [4.69, 9.17) is 0 Å². The molecule has 0 radical (unpaired) electrons. The molecule has 1 heterocycles. The second kappa shape index (κ2) is 6.19. The summed E-state index contributed by atoms with van der Waals surface area (Å²) in [5.74, 6) is 0. The maximum atomic E-state index is 2.44. The van der Waals surface area contributed by atoms with Crippen molar-refractivity contribution < 1.29 is 0 Å². The Morgan fingerprint density at radius 3 is 1.52 bits per heavy atom. The van der Waals surface area contributed by atoms with Gasteiger partial charge in [-0.05, 0) is 33.6 Å². The van der Waals surface area contributed by atoms with Gasteiger partial charge in [-0.15, -0.1) is 0 Å². The van der Waals surface area contributed by atoms with Gasteiger partial charge in [0, 0.05) is 0 Å². The van der Waals surface area contributed by atoms with Crippen molar-refractivity contribution in [1.82, 2.24) is 0 Å². The first-order valence-corrected chi connectivity index (χ1v) is 10.9. The molecule has 21 heavy (non-hydrogen) atoms. The molecule has 1 heteroatoms. The minimum Gasteiger partial charge on any atom is -0.0654 e. The Hall–Kier alpha value is -1.34. The Bertz CT molecular complexity index is 559. The van der Waals surface area contributed by atoms with Crippen molar-refractivity contribution in [1.29, 1.82) is 0 Å². The molecule has 0 spiro atoms. The maximum Gasteiger partial charge on any atom is 0.119 e. The fourth-order valence-electron chi connectivity index (χ4n) is 4.04. The predicted octanol–water partition coefficient (Wildman–Crippen LogP) is 4.83. The summed E-state index contributed by atoms with van der Waals surface area (Å²) in [4.78, 5) is 0. The Morgan fingerprint density at radius 1 is 0.667 bits per heavy atom. The Kier molecular flexibility index (Phi) is 4.30. The van der Waals surface area contributed by atoms with Crippen LogP contribution < -0.4 is 10.4 Å². The standard InChI is InChI=1S/C20H26Si/c1-3-5-15-21(16-6-4-2)19-13-9-7-11-17(19)18-12-8-10-14-20(18)21/h7-14H,3-6,15-16H2,1-2H3. The van der Waals surface area contributed by atoms with E-state index in [1.54, 1.807) is 10.4 Å². The van der Waals surface area contributed by atoms with Crippen LogP contribution in [0.3, 0.4) is 0 Å². The van der Waals surface area contributed by atoms with Gasteiger partial charge in [0.25, 0.3) is 0 Å². The largest absolute Gasteiger partial charge is 0.119 e. The Balaban J connectivity index is 2.16. The van der Waals surface area contributed by atoms with Crippen LogP contribution in [-0.4, -0.2) is 8.07 Å². The molecule has 0 atom stereocenters. The van der Waals surface area contributed by atoms with Gasteiger partial charge in [0.05, 0.1) is 0 Å². The van der Waals surface area contributed by atoms with Crippen molar-refractivity contribution in [2.75, 3.05) is 0 Å². The monoisotopic (exact) mass is 294 g/mol. The van der Waals surface area contributed by atoms with Gasteiger partial charge in [0.2, 0.25) is 0 Å². The summed E-state index contributed by atoms with van der Waals surface area (Å²) >= 11 is 0. The fourth-order valence-corrected chi connectivity index (χ4v) is 9.87. The van der Waals surface area contributed by atoms with E-state index in [1.807, 2.05) is 0 Å². The predicted molar refractivity (Wildman–Crippen MR) is 96.3 cm³/mol. The molecule has 3 rings (SSSR count). The number of unbranched alkanes of at least 4 members (excludes halogenated alkanes) is 2. The highest BCUT2D eigenvalue weighted by Gasteiger charge is 2.43. The minimum atomic E-state index is -1.52. The third-order valence-corrected chi connectivity index (χ3v) is 10.4. The van der Waals surface area contributed by atoms with Gasteiger partial charge in [0.1, 0.15) is 8.07 Å². The molecule has 0 saturated heterocycles. The van der Waals surface area contributed by atoms with Gasteiger partial charge in [0.15, 0.2) is 0 Å². The molecule has 0 bridgehead atoms. The third-order valence-electron chi connectivity index (χ3n) is 5.09. The highest BCUT2D eigenvalue weighted by molar-refractivity contribution is 7.05. The molecule has 0 saturated carbocycles. The minimum absolute atomic E-state index is 1.31. The van der Waals surface area contributed by atoms with E-state index in [0.29, 0.717) is 0 Å². The molecular formula is C20H26Si. The molecule has 1 aliphatic rings. The third kappa shape index (κ3) is 2.38. The van der Waals surface area contributed by atoms with Crippen LogP contribution in [0.5, 0.6) is 0 Å². The van der Waals surface area contributed by atoms with Gasteiger partial charge in [-0.25, -0.2) is 0 Å². The van der Waals surface area contributed by atoms with E-state index in [0.717, 1.165) is 0 Å². The first-order chi connectivity index (χ1) is 10.3. The highest BCUT2D eigenvalue weighted by Crippen LogP contribution is 2.34. The summed E-state index contributed by atoms with van der Waals surface area (Å²) in [6.45, 7) is 4.66. The zero-order valence-electron chi connectivity index (χ0n) is 13.4. The lowest BCUT2D eigenvalue weighted by molar-refractivity contribution is 0.838. The van der Waals surface area contributed by atoms with Crippen LogP contribution in [0.25, 0.3) is 11.1 Å². The van der Waals surface area contributed by atoms with Crippen LogP contribution in [0, 0.1) is 0 Å². The first-order valence-electron chi connectivity index (χ1n) is 8.53. The summed E-state index contributed by atoms with van der Waals surface area (Å²) < 4.78 is 0. The van der Waals surface area contributed by atoms with Gasteiger partial charge in [-0.3, -0.25) is 0 Å². The molecule has 0 fully saturated rings. The van der Waals surface area contributed by atoms with Gasteiger partial charge >= 0.3 is 0 Å². The van der Waals surface area contributed by atoms with E-state index in [1.165, 1.54) is 48.9 Å². The van der Waals surface area contributed by atoms with E-state index >= 15 is 0 Å². The molecule has 0 aromatic heterocycles. The second-order valence-electron chi connectivity index (χ2n) is 6.38. The van der Waals surface area contributed by atoms with Crippen molar-refractivity contribution in [2.45, 2.75) is 51.6 Å². The summed E-state index contributed by atoms with van der Waals surface area (Å²) in [5, 5.41) is 3.43. The highest BCUT2D eigenvalue weighted by atomic mass is 28.3. The second-order valence-corrected chi connectivity index (χ2v) is 10.6. The zero-order chi connectivity index (χ0) is 14.7. The number of fused-ring (bicyclic) bond motifs is 3. The molecule has 0 N–H and O–H groups in total. The van der Waals surface area contributed by atoms with Gasteiger partial charge in [-0.2, -0.15) is 0 Å². The van der Waals surface area contributed by atoms with Crippen LogP contribution in [0.15, 0.2) is 48.5 Å². The number of benzene rings is 2. The van der Waals surface area contributed by atoms with Crippen LogP contribution >= 0.6 is 0 Å². The van der Waals surface area contributed by atoms with E-state index in [2.05, 4.69) is 62.4 Å². The van der Waals surface area contributed by atoms with Crippen LogP contribution in [-0.2, 0) is 0 Å². The summed E-state index contributed by atoms with van der Waals surface area (Å²) in [6, 6.07) is 21.4. The lowest BCUT2D eigenvalue weighted by Gasteiger charge is -2.30. The summed E-state index contributed by atoms with van der Waals surface area (Å²) in [6.07, 6.45) is 5.37. The van der Waals surface area contributed by atoms with Crippen molar-refractivity contribution in [3.05, 3.63) is 48.5 Å². The molecule has 2 aromatic carbocycles. The molecule has 0 amide bonds. The lowest BCUT2D eigenvalue weighted by atomic mass is 10.1. The van der Waals surface area contributed by atoms with Crippen molar-refractivity contribution >= 4 is 18.4 Å². The van der Waals surface area contributed by atoms with E-state index in [-0.39, 0.29) is 0 Å². The fraction of sp³-hybridized carbons (Fsp3) is 0.400. The first kappa shape index (κ1) is 14.6. The summed E-state index contributed by atoms with van der Waals surface area (Å²) in [7, 11) is -1.52. The van der Waals surface area contributed by atoms with Crippen molar-refractivity contribution in [3.8, 4) is 11.1 Å². The molecule has 2 aromatic rings. The lowest BCUT2D eigenvalue weighted by Crippen LogP contribution is -2.54. The normalized spacial score (nSPS) is 14.8. The van der Waals surface area contributed by atoms with Gasteiger partial charge in [-0.1, -0.05) is 88.1 Å². The molecular weight excluding hydrogens is 268 g/mol. The number of rotatable bonds is 6. The van der Waals surface area contributed by atoms with Gasteiger partial charge < -0.3 is 0 Å². The zero-order valence-corrected chi connectivity index (χ0v) is 14.4. The number of hydrogen-bond acceptors (Lipinski definition) is 0. The van der Waals surface area contributed by atoms with Crippen molar-refractivity contribution in [3.63, 3.8) is 0 Å². The van der Waals surface area contributed by atoms with Crippen LogP contribution in [0.2, 0.25) is 12.1 Å². The van der Waals surface area contributed by atoms with E-state index in [9.17, 15) is 0 Å². The molecule has 1 aliphatic heterocycles. The van der Waals surface area contributed by atoms with Crippen LogP contribution in [0.1, 0.15) is 39.5 Å². The summed E-state index contributed by atoms with van der Waals surface area (Å²) in [5.41, 5.74) is 3.07. The average Bonchev–Trinajstić information content (AvgIpc) is 2.82. The average molecular weight is 295 g/mol. The smallest absolute Gasteiger partial charge is 0.0654 e. The Morgan fingerprint density at radius 2 is 1.10 bits per heavy atom. The molecule has 110 valence electrons. The molecule has 0 nitrogen and oxygen atoms in total.